The van der Waals surface area contributed by atoms with Crippen LogP contribution in [0.5, 0.6) is 0 Å². The van der Waals surface area contributed by atoms with Gasteiger partial charge in [0, 0.05) is 11.9 Å². The molecule has 0 fully saturated rings. The summed E-state index contributed by atoms with van der Waals surface area (Å²) >= 11 is 0. The minimum atomic E-state index is -0.731. The zero-order valence-corrected chi connectivity index (χ0v) is 9.15. The van der Waals surface area contributed by atoms with Crippen LogP contribution in [0.3, 0.4) is 0 Å². The van der Waals surface area contributed by atoms with Crippen LogP contribution in [0.15, 0.2) is 36.7 Å². The SMILES string of the molecule is Nc1cc(NC(=O)c2ccncc2F)ccc1F. The van der Waals surface area contributed by atoms with Crippen LogP contribution in [0, 0.1) is 11.6 Å². The van der Waals surface area contributed by atoms with Gasteiger partial charge in [-0.05, 0) is 24.3 Å². The molecule has 0 atom stereocenters. The van der Waals surface area contributed by atoms with Gasteiger partial charge in [-0.15, -0.1) is 0 Å². The average molecular weight is 249 g/mol. The Bertz CT molecular complexity index is 602. The summed E-state index contributed by atoms with van der Waals surface area (Å²) in [5.41, 5.74) is 5.40. The summed E-state index contributed by atoms with van der Waals surface area (Å²) in [6.07, 6.45) is 2.24. The lowest BCUT2D eigenvalue weighted by Gasteiger charge is -2.06. The predicted molar refractivity (Wildman–Crippen MR) is 63.0 cm³/mol. The van der Waals surface area contributed by atoms with Gasteiger partial charge in [0.15, 0.2) is 5.82 Å². The van der Waals surface area contributed by atoms with Gasteiger partial charge >= 0.3 is 0 Å². The van der Waals surface area contributed by atoms with Gasteiger partial charge in [0.2, 0.25) is 0 Å². The standard InChI is InChI=1S/C12H9F2N3O/c13-9-2-1-7(5-11(9)15)17-12(18)8-3-4-16-6-10(8)14/h1-6H,15H2,(H,17,18). The second kappa shape index (κ2) is 4.79. The van der Waals surface area contributed by atoms with E-state index in [0.29, 0.717) is 0 Å². The molecule has 92 valence electrons. The third kappa shape index (κ3) is 2.42. The van der Waals surface area contributed by atoms with Crippen molar-refractivity contribution in [1.82, 2.24) is 4.98 Å². The van der Waals surface area contributed by atoms with Crippen molar-refractivity contribution in [1.29, 1.82) is 0 Å². The van der Waals surface area contributed by atoms with E-state index < -0.39 is 17.5 Å². The predicted octanol–water partition coefficient (Wildman–Crippen LogP) is 2.19. The Balaban J connectivity index is 2.22. The molecule has 0 aliphatic heterocycles. The highest BCUT2D eigenvalue weighted by atomic mass is 19.1. The molecular weight excluding hydrogens is 240 g/mol. The van der Waals surface area contributed by atoms with E-state index >= 15 is 0 Å². The fourth-order valence-corrected chi connectivity index (χ4v) is 1.38. The van der Waals surface area contributed by atoms with Gasteiger partial charge in [-0.2, -0.15) is 0 Å². The molecule has 0 saturated heterocycles. The molecular formula is C12H9F2N3O. The van der Waals surface area contributed by atoms with E-state index in [1.165, 1.54) is 24.4 Å². The zero-order chi connectivity index (χ0) is 13.1. The summed E-state index contributed by atoms with van der Waals surface area (Å²) in [7, 11) is 0. The number of nitrogens with one attached hydrogen (secondary N) is 1. The summed E-state index contributed by atoms with van der Waals surface area (Å²) in [4.78, 5) is 15.3. The van der Waals surface area contributed by atoms with Crippen LogP contribution in [0.1, 0.15) is 10.4 Å². The van der Waals surface area contributed by atoms with E-state index in [1.807, 2.05) is 0 Å². The number of hydrogen-bond acceptors (Lipinski definition) is 3. The number of nitrogen functional groups attached to an aromatic ring is 1. The zero-order valence-electron chi connectivity index (χ0n) is 9.15. The lowest BCUT2D eigenvalue weighted by atomic mass is 10.2. The third-order valence-corrected chi connectivity index (χ3v) is 2.27. The number of pyridine rings is 1. The van der Waals surface area contributed by atoms with Gasteiger partial charge in [0.05, 0.1) is 17.4 Å². The van der Waals surface area contributed by atoms with Crippen LogP contribution in [0.4, 0.5) is 20.2 Å². The van der Waals surface area contributed by atoms with Gasteiger partial charge in [-0.3, -0.25) is 9.78 Å². The van der Waals surface area contributed by atoms with Gasteiger partial charge < -0.3 is 11.1 Å². The molecule has 1 heterocycles. The molecule has 1 amide bonds. The Morgan fingerprint density at radius 3 is 2.67 bits per heavy atom. The molecule has 4 nitrogen and oxygen atoms in total. The highest BCUT2D eigenvalue weighted by Gasteiger charge is 2.11. The largest absolute Gasteiger partial charge is 0.396 e. The Hall–Kier alpha value is -2.50. The maximum absolute atomic E-state index is 13.3. The lowest BCUT2D eigenvalue weighted by molar-refractivity contribution is 0.102. The minimum Gasteiger partial charge on any atom is -0.396 e. The molecule has 0 saturated carbocycles. The molecule has 3 N–H and O–H groups in total. The molecule has 2 aromatic rings. The maximum atomic E-state index is 13.3. The Morgan fingerprint density at radius 2 is 2.00 bits per heavy atom. The fraction of sp³-hybridized carbons (Fsp3) is 0. The van der Waals surface area contributed by atoms with E-state index in [-0.39, 0.29) is 16.9 Å². The maximum Gasteiger partial charge on any atom is 0.258 e. The van der Waals surface area contributed by atoms with Crippen molar-refractivity contribution in [3.63, 3.8) is 0 Å². The minimum absolute atomic E-state index is 0.0944. The van der Waals surface area contributed by atoms with Crippen LogP contribution in [-0.2, 0) is 0 Å². The van der Waals surface area contributed by atoms with Crippen molar-refractivity contribution in [2.75, 3.05) is 11.1 Å². The van der Waals surface area contributed by atoms with E-state index in [9.17, 15) is 13.6 Å². The van der Waals surface area contributed by atoms with Crippen LogP contribution >= 0.6 is 0 Å². The topological polar surface area (TPSA) is 68.0 Å². The number of amides is 1. The molecule has 6 heteroatoms. The number of halogens is 2. The summed E-state index contributed by atoms with van der Waals surface area (Å²) < 4.78 is 26.2. The highest BCUT2D eigenvalue weighted by Crippen LogP contribution is 2.17. The number of nitrogens with zero attached hydrogens (tertiary/aromatic N) is 1. The number of hydrogen-bond donors (Lipinski definition) is 2. The smallest absolute Gasteiger partial charge is 0.258 e. The second-order valence-electron chi connectivity index (χ2n) is 3.55. The van der Waals surface area contributed by atoms with Crippen LogP contribution in [0.25, 0.3) is 0 Å². The number of carbonyl (C=O) groups excluding carboxylic acids is 1. The number of anilines is 2. The van der Waals surface area contributed by atoms with Crippen molar-refractivity contribution in [2.45, 2.75) is 0 Å². The van der Waals surface area contributed by atoms with Crippen molar-refractivity contribution < 1.29 is 13.6 Å². The third-order valence-electron chi connectivity index (χ3n) is 2.27. The van der Waals surface area contributed by atoms with Gasteiger partial charge in [0.25, 0.3) is 5.91 Å². The van der Waals surface area contributed by atoms with E-state index in [1.54, 1.807) is 0 Å². The Kier molecular flexibility index (Phi) is 3.18. The van der Waals surface area contributed by atoms with E-state index in [2.05, 4.69) is 10.3 Å². The monoisotopic (exact) mass is 249 g/mol. The van der Waals surface area contributed by atoms with Crippen molar-refractivity contribution in [3.05, 3.63) is 53.9 Å². The first-order valence-electron chi connectivity index (χ1n) is 5.04. The summed E-state index contributed by atoms with van der Waals surface area (Å²) in [5.74, 6) is -1.96. The molecule has 2 rings (SSSR count). The average Bonchev–Trinajstić information content (AvgIpc) is 2.34. The van der Waals surface area contributed by atoms with Gasteiger partial charge in [0.1, 0.15) is 5.82 Å². The number of rotatable bonds is 2. The number of nitrogens with two attached hydrogens (primary N) is 1. The van der Waals surface area contributed by atoms with E-state index in [4.69, 9.17) is 5.73 Å². The van der Waals surface area contributed by atoms with Crippen molar-refractivity contribution >= 4 is 17.3 Å². The summed E-state index contributed by atoms with van der Waals surface area (Å²) in [6, 6.07) is 4.96. The van der Waals surface area contributed by atoms with Crippen LogP contribution in [0.2, 0.25) is 0 Å². The molecule has 0 bridgehead atoms. The fourth-order valence-electron chi connectivity index (χ4n) is 1.38. The Labute approximate surface area is 101 Å². The van der Waals surface area contributed by atoms with E-state index in [0.717, 1.165) is 12.3 Å². The molecule has 18 heavy (non-hydrogen) atoms. The molecule has 1 aromatic heterocycles. The highest BCUT2D eigenvalue weighted by molar-refractivity contribution is 6.04. The molecule has 0 radical (unpaired) electrons. The second-order valence-corrected chi connectivity index (χ2v) is 3.55. The number of aromatic nitrogens is 1. The van der Waals surface area contributed by atoms with Crippen LogP contribution < -0.4 is 11.1 Å². The van der Waals surface area contributed by atoms with Gasteiger partial charge in [-0.1, -0.05) is 0 Å². The molecule has 0 aliphatic rings. The van der Waals surface area contributed by atoms with Crippen LogP contribution in [-0.4, -0.2) is 10.9 Å². The first kappa shape index (κ1) is 12.0. The Morgan fingerprint density at radius 1 is 1.22 bits per heavy atom. The first-order valence-corrected chi connectivity index (χ1v) is 5.04. The van der Waals surface area contributed by atoms with Crippen molar-refractivity contribution in [3.8, 4) is 0 Å². The quantitative estimate of drug-likeness (QED) is 0.801. The molecule has 0 unspecified atom stereocenters. The molecule has 0 aliphatic carbocycles. The van der Waals surface area contributed by atoms with Gasteiger partial charge in [-0.25, -0.2) is 8.78 Å². The molecule has 1 aromatic carbocycles. The number of carbonyl (C=O) groups is 1. The summed E-state index contributed by atoms with van der Waals surface area (Å²) in [6.45, 7) is 0. The molecule has 0 spiro atoms. The normalized spacial score (nSPS) is 10.1. The summed E-state index contributed by atoms with van der Waals surface area (Å²) in [5, 5.41) is 2.41. The van der Waals surface area contributed by atoms with Crippen molar-refractivity contribution in [2.24, 2.45) is 0 Å². The lowest BCUT2D eigenvalue weighted by Crippen LogP contribution is -2.14. The first-order chi connectivity index (χ1) is 8.58. The number of benzene rings is 1.